The van der Waals surface area contributed by atoms with Gasteiger partial charge in [0.05, 0.1) is 11.9 Å². The van der Waals surface area contributed by atoms with Gasteiger partial charge < -0.3 is 10.2 Å². The van der Waals surface area contributed by atoms with Crippen molar-refractivity contribution in [2.45, 2.75) is 70.5 Å². The molecule has 4 rings (SSSR count). The number of anilines is 1. The van der Waals surface area contributed by atoms with Crippen molar-refractivity contribution in [3.8, 4) is 0 Å². The quantitative estimate of drug-likeness (QED) is 0.288. The standard InChI is InChI=1S/C33H40FN3O4S/c1-25-12-10-15-27(22-25)24-36(31(23-26-13-4-3-5-14-26)33(39)35-28-16-6-7-17-28)32(38)20-11-21-37(42(2,40)41)30-19-9-8-18-29(30)34/h3-5,8-10,12-15,18-19,22,28,31H,6-7,11,16-17,20-21,23-24H2,1-2H3,(H,35,39)/t31-/m0/s1. The molecule has 0 bridgehead atoms. The summed E-state index contributed by atoms with van der Waals surface area (Å²) in [4.78, 5) is 29.4. The molecule has 0 saturated heterocycles. The number of benzene rings is 3. The average molecular weight is 594 g/mol. The number of rotatable bonds is 13. The Bertz CT molecular complexity index is 1460. The molecule has 2 amide bonds. The lowest BCUT2D eigenvalue weighted by Crippen LogP contribution is -2.52. The topological polar surface area (TPSA) is 86.8 Å². The third kappa shape index (κ3) is 8.64. The van der Waals surface area contributed by atoms with Crippen molar-refractivity contribution in [2.24, 2.45) is 0 Å². The van der Waals surface area contributed by atoms with E-state index in [1.165, 1.54) is 18.2 Å². The third-order valence-corrected chi connectivity index (χ3v) is 8.86. The maximum absolute atomic E-state index is 14.5. The Morgan fingerprint density at radius 3 is 2.29 bits per heavy atom. The van der Waals surface area contributed by atoms with Crippen LogP contribution in [0.5, 0.6) is 0 Å². The number of carbonyl (C=O) groups is 2. The molecule has 0 aromatic heterocycles. The van der Waals surface area contributed by atoms with E-state index in [0.29, 0.717) is 6.42 Å². The Kier molecular flexibility index (Phi) is 10.7. The van der Waals surface area contributed by atoms with Crippen molar-refractivity contribution in [3.05, 3.63) is 101 Å². The fraction of sp³-hybridized carbons (Fsp3) is 0.394. The summed E-state index contributed by atoms with van der Waals surface area (Å²) in [6.45, 7) is 2.15. The molecule has 0 radical (unpaired) electrons. The molecule has 3 aromatic carbocycles. The number of nitrogens with one attached hydrogen (secondary N) is 1. The molecule has 1 aliphatic carbocycles. The van der Waals surface area contributed by atoms with Crippen molar-refractivity contribution in [1.29, 1.82) is 0 Å². The zero-order valence-electron chi connectivity index (χ0n) is 24.3. The van der Waals surface area contributed by atoms with Crippen LogP contribution >= 0.6 is 0 Å². The van der Waals surface area contributed by atoms with E-state index in [2.05, 4.69) is 5.32 Å². The van der Waals surface area contributed by atoms with E-state index < -0.39 is 21.9 Å². The van der Waals surface area contributed by atoms with E-state index in [1.807, 2.05) is 61.5 Å². The third-order valence-electron chi connectivity index (χ3n) is 7.68. The van der Waals surface area contributed by atoms with Gasteiger partial charge in [0.1, 0.15) is 11.9 Å². The number of carbonyl (C=O) groups excluding carboxylic acids is 2. The van der Waals surface area contributed by atoms with Crippen molar-refractivity contribution >= 4 is 27.5 Å². The maximum Gasteiger partial charge on any atom is 0.243 e. The first-order valence-electron chi connectivity index (χ1n) is 14.5. The summed E-state index contributed by atoms with van der Waals surface area (Å²) < 4.78 is 40.6. The van der Waals surface area contributed by atoms with Gasteiger partial charge in [-0.2, -0.15) is 0 Å². The van der Waals surface area contributed by atoms with E-state index in [-0.39, 0.29) is 49.5 Å². The van der Waals surface area contributed by atoms with Gasteiger partial charge in [-0.3, -0.25) is 13.9 Å². The van der Waals surface area contributed by atoms with Gasteiger partial charge in [0.25, 0.3) is 0 Å². The maximum atomic E-state index is 14.5. The summed E-state index contributed by atoms with van der Waals surface area (Å²) in [7, 11) is -3.79. The van der Waals surface area contributed by atoms with Crippen LogP contribution in [0.15, 0.2) is 78.9 Å². The van der Waals surface area contributed by atoms with E-state index in [9.17, 15) is 22.4 Å². The first kappa shape index (κ1) is 31.2. The van der Waals surface area contributed by atoms with Crippen LogP contribution in [0.1, 0.15) is 55.2 Å². The Morgan fingerprint density at radius 2 is 1.62 bits per heavy atom. The number of aryl methyl sites for hydroxylation is 1. The van der Waals surface area contributed by atoms with Gasteiger partial charge in [0.2, 0.25) is 21.8 Å². The highest BCUT2D eigenvalue weighted by Gasteiger charge is 2.32. The Labute approximate surface area is 248 Å². The van der Waals surface area contributed by atoms with E-state index in [4.69, 9.17) is 0 Å². The van der Waals surface area contributed by atoms with Gasteiger partial charge in [-0.15, -0.1) is 0 Å². The summed E-state index contributed by atoms with van der Waals surface area (Å²) in [5.41, 5.74) is 2.83. The molecule has 3 aromatic rings. The second-order valence-corrected chi connectivity index (χ2v) is 13.0. The summed E-state index contributed by atoms with van der Waals surface area (Å²) in [6, 6.07) is 22.5. The number of nitrogens with zero attached hydrogens (tertiary/aromatic N) is 2. The van der Waals surface area contributed by atoms with Crippen LogP contribution in [0.2, 0.25) is 0 Å². The van der Waals surface area contributed by atoms with Gasteiger partial charge in [0, 0.05) is 32.0 Å². The smallest absolute Gasteiger partial charge is 0.243 e. The lowest BCUT2D eigenvalue weighted by atomic mass is 10.0. The minimum atomic E-state index is -3.79. The minimum Gasteiger partial charge on any atom is -0.352 e. The highest BCUT2D eigenvalue weighted by Crippen LogP contribution is 2.24. The van der Waals surface area contributed by atoms with Crippen molar-refractivity contribution < 1.29 is 22.4 Å². The van der Waals surface area contributed by atoms with Crippen LogP contribution < -0.4 is 9.62 Å². The number of amides is 2. The predicted octanol–water partition coefficient (Wildman–Crippen LogP) is 5.38. The molecule has 9 heteroatoms. The van der Waals surface area contributed by atoms with Crippen molar-refractivity contribution in [1.82, 2.24) is 10.2 Å². The molecule has 0 heterocycles. The van der Waals surface area contributed by atoms with Crippen LogP contribution in [0.3, 0.4) is 0 Å². The molecule has 1 atom stereocenters. The van der Waals surface area contributed by atoms with E-state index in [0.717, 1.165) is 52.9 Å². The van der Waals surface area contributed by atoms with Crippen LogP contribution in [-0.2, 0) is 32.6 Å². The molecule has 1 fully saturated rings. The van der Waals surface area contributed by atoms with Crippen LogP contribution in [0.25, 0.3) is 0 Å². The molecule has 1 aliphatic rings. The second kappa shape index (κ2) is 14.4. The molecular weight excluding hydrogens is 553 g/mol. The van der Waals surface area contributed by atoms with Crippen LogP contribution in [0, 0.1) is 12.7 Å². The molecule has 1 N–H and O–H groups in total. The van der Waals surface area contributed by atoms with Crippen molar-refractivity contribution in [2.75, 3.05) is 17.1 Å². The molecular formula is C33H40FN3O4S. The van der Waals surface area contributed by atoms with Crippen LogP contribution in [-0.4, -0.2) is 50.0 Å². The summed E-state index contributed by atoms with van der Waals surface area (Å²) in [6.07, 6.45) is 5.51. The van der Waals surface area contributed by atoms with Crippen molar-refractivity contribution in [3.63, 3.8) is 0 Å². The lowest BCUT2D eigenvalue weighted by Gasteiger charge is -2.33. The number of hydrogen-bond donors (Lipinski definition) is 1. The number of para-hydroxylation sites is 1. The highest BCUT2D eigenvalue weighted by molar-refractivity contribution is 7.92. The fourth-order valence-electron chi connectivity index (χ4n) is 5.57. The van der Waals surface area contributed by atoms with Gasteiger partial charge >= 0.3 is 0 Å². The summed E-state index contributed by atoms with van der Waals surface area (Å²) in [5, 5.41) is 3.19. The SMILES string of the molecule is Cc1cccc(CN(C(=O)CCCN(c2ccccc2F)S(C)(=O)=O)[C@@H](Cc2ccccc2)C(=O)NC2CCCC2)c1. The Morgan fingerprint density at radius 1 is 0.952 bits per heavy atom. The molecule has 0 unspecified atom stereocenters. The number of sulfonamides is 1. The Balaban J connectivity index is 1.59. The van der Waals surface area contributed by atoms with Crippen LogP contribution in [0.4, 0.5) is 10.1 Å². The van der Waals surface area contributed by atoms with Gasteiger partial charge in [-0.05, 0) is 49.4 Å². The molecule has 42 heavy (non-hydrogen) atoms. The summed E-state index contributed by atoms with van der Waals surface area (Å²) >= 11 is 0. The van der Waals surface area contributed by atoms with Gasteiger partial charge in [0.15, 0.2) is 0 Å². The normalized spacial score (nSPS) is 14.4. The van der Waals surface area contributed by atoms with E-state index in [1.54, 1.807) is 11.0 Å². The first-order valence-corrected chi connectivity index (χ1v) is 16.4. The second-order valence-electron chi connectivity index (χ2n) is 11.1. The monoisotopic (exact) mass is 593 g/mol. The Hall–Kier alpha value is -3.72. The first-order chi connectivity index (χ1) is 20.1. The molecule has 0 aliphatic heterocycles. The number of hydrogen-bond acceptors (Lipinski definition) is 4. The van der Waals surface area contributed by atoms with Gasteiger partial charge in [-0.25, -0.2) is 12.8 Å². The highest BCUT2D eigenvalue weighted by atomic mass is 32.2. The molecule has 224 valence electrons. The number of halogens is 1. The largest absolute Gasteiger partial charge is 0.352 e. The molecule has 0 spiro atoms. The summed E-state index contributed by atoms with van der Waals surface area (Å²) in [5.74, 6) is -1.10. The predicted molar refractivity (Wildman–Crippen MR) is 164 cm³/mol. The minimum absolute atomic E-state index is 0.00567. The average Bonchev–Trinajstić information content (AvgIpc) is 3.46. The lowest BCUT2D eigenvalue weighted by molar-refractivity contribution is -0.141. The van der Waals surface area contributed by atoms with Gasteiger partial charge in [-0.1, -0.05) is 85.1 Å². The molecule has 1 saturated carbocycles. The zero-order chi connectivity index (χ0) is 30.1. The fourth-order valence-corrected chi connectivity index (χ4v) is 6.53. The zero-order valence-corrected chi connectivity index (χ0v) is 25.2. The molecule has 7 nitrogen and oxygen atoms in total. The van der Waals surface area contributed by atoms with E-state index >= 15 is 0 Å².